The van der Waals surface area contributed by atoms with Crippen LogP contribution < -0.4 is 5.32 Å². The molecule has 1 N–H and O–H groups in total. The van der Waals surface area contributed by atoms with Gasteiger partial charge in [0, 0.05) is 25.2 Å². The van der Waals surface area contributed by atoms with Crippen molar-refractivity contribution in [3.05, 3.63) is 11.6 Å². The minimum atomic E-state index is 0.347. The third-order valence-electron chi connectivity index (χ3n) is 4.45. The van der Waals surface area contributed by atoms with Gasteiger partial charge in [-0.3, -0.25) is 4.90 Å². The summed E-state index contributed by atoms with van der Waals surface area (Å²) in [4.78, 5) is 2.63. The Morgan fingerprint density at radius 1 is 1.21 bits per heavy atom. The highest BCUT2D eigenvalue weighted by molar-refractivity contribution is 5.14. The summed E-state index contributed by atoms with van der Waals surface area (Å²) in [5.41, 5.74) is 1.98. The van der Waals surface area contributed by atoms with E-state index in [1.165, 1.54) is 13.0 Å². The maximum Gasteiger partial charge on any atom is 0.0169 e. The van der Waals surface area contributed by atoms with E-state index in [0.717, 1.165) is 13.1 Å². The minimum Gasteiger partial charge on any atom is -0.314 e. The van der Waals surface area contributed by atoms with E-state index in [9.17, 15) is 0 Å². The Labute approximate surface area is 120 Å². The Kier molecular flexibility index (Phi) is 6.07. The monoisotopic (exact) mass is 266 g/mol. The summed E-state index contributed by atoms with van der Waals surface area (Å²) in [6, 6.07) is 1.24. The van der Waals surface area contributed by atoms with E-state index < -0.39 is 0 Å². The molecule has 19 heavy (non-hydrogen) atoms. The molecule has 0 aliphatic carbocycles. The van der Waals surface area contributed by atoms with E-state index in [1.807, 2.05) is 0 Å². The summed E-state index contributed by atoms with van der Waals surface area (Å²) < 4.78 is 0. The Hall–Kier alpha value is -0.340. The Bertz CT molecular complexity index is 299. The van der Waals surface area contributed by atoms with Gasteiger partial charge in [0.15, 0.2) is 0 Å². The minimum absolute atomic E-state index is 0.347. The number of rotatable bonds is 5. The SMILES string of the molecule is CC(C)NCC(C)C(C)N1CC=C(C(C)(C)C)CC1. The largest absolute Gasteiger partial charge is 0.314 e. The van der Waals surface area contributed by atoms with Gasteiger partial charge < -0.3 is 5.32 Å². The summed E-state index contributed by atoms with van der Waals surface area (Å²) in [5, 5.41) is 3.56. The fraction of sp³-hybridized carbons (Fsp3) is 0.882. The molecule has 1 heterocycles. The summed E-state index contributed by atoms with van der Waals surface area (Å²) in [6.07, 6.45) is 3.70. The van der Waals surface area contributed by atoms with Gasteiger partial charge in [0.05, 0.1) is 0 Å². The predicted molar refractivity (Wildman–Crippen MR) is 85.5 cm³/mol. The number of hydrogen-bond acceptors (Lipinski definition) is 2. The molecule has 1 aliphatic rings. The van der Waals surface area contributed by atoms with Crippen LogP contribution in [0.4, 0.5) is 0 Å². The predicted octanol–water partition coefficient (Wildman–Crippen LogP) is 3.69. The van der Waals surface area contributed by atoms with Gasteiger partial charge in [-0.15, -0.1) is 0 Å². The molecule has 112 valence electrons. The zero-order chi connectivity index (χ0) is 14.6. The Morgan fingerprint density at radius 3 is 2.26 bits per heavy atom. The third-order valence-corrected chi connectivity index (χ3v) is 4.45. The van der Waals surface area contributed by atoms with Crippen molar-refractivity contribution in [1.82, 2.24) is 10.2 Å². The molecule has 0 saturated carbocycles. The van der Waals surface area contributed by atoms with Crippen LogP contribution in [0.25, 0.3) is 0 Å². The number of nitrogens with one attached hydrogen (secondary N) is 1. The fourth-order valence-corrected chi connectivity index (χ4v) is 2.69. The van der Waals surface area contributed by atoms with E-state index >= 15 is 0 Å². The highest BCUT2D eigenvalue weighted by Gasteiger charge is 2.25. The normalized spacial score (nSPS) is 21.4. The summed E-state index contributed by atoms with van der Waals surface area (Å²) in [7, 11) is 0. The van der Waals surface area contributed by atoms with Crippen LogP contribution in [0.1, 0.15) is 54.9 Å². The average molecular weight is 266 g/mol. The Morgan fingerprint density at radius 2 is 1.84 bits per heavy atom. The molecule has 0 spiro atoms. The van der Waals surface area contributed by atoms with Gasteiger partial charge in [0.25, 0.3) is 0 Å². The lowest BCUT2D eigenvalue weighted by Crippen LogP contribution is -2.44. The van der Waals surface area contributed by atoms with Crippen molar-refractivity contribution in [2.75, 3.05) is 19.6 Å². The molecule has 0 aromatic rings. The van der Waals surface area contributed by atoms with Gasteiger partial charge in [-0.1, -0.05) is 53.2 Å². The van der Waals surface area contributed by atoms with Crippen molar-refractivity contribution in [2.45, 2.75) is 67.0 Å². The van der Waals surface area contributed by atoms with Gasteiger partial charge in [-0.05, 0) is 31.2 Å². The lowest BCUT2D eigenvalue weighted by Gasteiger charge is -2.38. The smallest absolute Gasteiger partial charge is 0.0169 e. The van der Waals surface area contributed by atoms with Gasteiger partial charge in [0.2, 0.25) is 0 Å². The van der Waals surface area contributed by atoms with E-state index in [2.05, 4.69) is 64.8 Å². The standard InChI is InChI=1S/C17H34N2/c1-13(2)18-12-14(3)15(4)19-10-8-16(9-11-19)17(5,6)7/h8,13-15,18H,9-12H2,1-7H3. The first-order valence-corrected chi connectivity index (χ1v) is 7.88. The van der Waals surface area contributed by atoms with Gasteiger partial charge in [0.1, 0.15) is 0 Å². The van der Waals surface area contributed by atoms with Crippen LogP contribution >= 0.6 is 0 Å². The topological polar surface area (TPSA) is 15.3 Å². The van der Waals surface area contributed by atoms with Crippen LogP contribution in [0.2, 0.25) is 0 Å². The van der Waals surface area contributed by atoms with Crippen LogP contribution in [-0.2, 0) is 0 Å². The van der Waals surface area contributed by atoms with E-state index in [4.69, 9.17) is 0 Å². The summed E-state index contributed by atoms with van der Waals surface area (Å²) >= 11 is 0. The molecule has 0 aromatic heterocycles. The molecule has 2 heteroatoms. The van der Waals surface area contributed by atoms with Crippen molar-refractivity contribution in [3.8, 4) is 0 Å². The number of hydrogen-bond donors (Lipinski definition) is 1. The molecule has 2 unspecified atom stereocenters. The second kappa shape index (κ2) is 6.90. The van der Waals surface area contributed by atoms with Gasteiger partial charge in [-0.25, -0.2) is 0 Å². The average Bonchev–Trinajstić information content (AvgIpc) is 2.34. The summed E-state index contributed by atoms with van der Waals surface area (Å²) in [5.74, 6) is 0.701. The molecular formula is C17H34N2. The van der Waals surface area contributed by atoms with Crippen LogP contribution in [0, 0.1) is 11.3 Å². The van der Waals surface area contributed by atoms with E-state index in [0.29, 0.717) is 23.4 Å². The molecule has 0 radical (unpaired) electrons. The first-order valence-electron chi connectivity index (χ1n) is 7.88. The molecule has 2 nitrogen and oxygen atoms in total. The maximum atomic E-state index is 3.56. The third kappa shape index (κ3) is 5.27. The quantitative estimate of drug-likeness (QED) is 0.764. The molecular weight excluding hydrogens is 232 g/mol. The van der Waals surface area contributed by atoms with Crippen LogP contribution in [0.15, 0.2) is 11.6 Å². The lowest BCUT2D eigenvalue weighted by molar-refractivity contribution is 0.165. The molecule has 1 aliphatic heterocycles. The fourth-order valence-electron chi connectivity index (χ4n) is 2.69. The molecule has 0 bridgehead atoms. The summed E-state index contributed by atoms with van der Waals surface area (Å²) in [6.45, 7) is 19.6. The zero-order valence-corrected chi connectivity index (χ0v) is 14.1. The zero-order valence-electron chi connectivity index (χ0n) is 14.1. The lowest BCUT2D eigenvalue weighted by atomic mass is 9.82. The van der Waals surface area contributed by atoms with E-state index in [-0.39, 0.29) is 0 Å². The van der Waals surface area contributed by atoms with Gasteiger partial charge in [-0.2, -0.15) is 0 Å². The van der Waals surface area contributed by atoms with Crippen molar-refractivity contribution >= 4 is 0 Å². The molecule has 0 aromatic carbocycles. The van der Waals surface area contributed by atoms with Crippen molar-refractivity contribution < 1.29 is 0 Å². The van der Waals surface area contributed by atoms with Gasteiger partial charge >= 0.3 is 0 Å². The maximum absolute atomic E-state index is 3.56. The second-order valence-electron chi connectivity index (χ2n) is 7.51. The van der Waals surface area contributed by atoms with Crippen LogP contribution in [-0.4, -0.2) is 36.6 Å². The van der Waals surface area contributed by atoms with Crippen LogP contribution in [0.3, 0.4) is 0 Å². The first kappa shape index (κ1) is 16.7. The molecule has 0 amide bonds. The highest BCUT2D eigenvalue weighted by atomic mass is 15.2. The first-order chi connectivity index (χ1) is 8.71. The van der Waals surface area contributed by atoms with E-state index in [1.54, 1.807) is 5.57 Å². The highest BCUT2D eigenvalue weighted by Crippen LogP contribution is 2.31. The molecule has 0 fully saturated rings. The molecule has 1 rings (SSSR count). The van der Waals surface area contributed by atoms with Crippen LogP contribution in [0.5, 0.6) is 0 Å². The second-order valence-corrected chi connectivity index (χ2v) is 7.51. The number of nitrogens with zero attached hydrogens (tertiary/aromatic N) is 1. The van der Waals surface area contributed by atoms with Crippen molar-refractivity contribution in [3.63, 3.8) is 0 Å². The van der Waals surface area contributed by atoms with Crippen molar-refractivity contribution in [1.29, 1.82) is 0 Å². The Balaban J connectivity index is 2.48. The molecule has 0 saturated heterocycles. The molecule has 2 atom stereocenters. The van der Waals surface area contributed by atoms with Crippen molar-refractivity contribution in [2.24, 2.45) is 11.3 Å².